The number of halogens is 4. The second kappa shape index (κ2) is 11.5. The van der Waals surface area contributed by atoms with E-state index >= 15 is 0 Å². The molecule has 2 aromatic heterocycles. The maximum atomic E-state index is 14.4. The Kier molecular flexibility index (Phi) is 8.29. The molecule has 0 aliphatic carbocycles. The molecule has 0 aromatic carbocycles. The Morgan fingerprint density at radius 1 is 1.02 bits per heavy atom. The van der Waals surface area contributed by atoms with Gasteiger partial charge in [-0.25, -0.2) is 19.2 Å². The van der Waals surface area contributed by atoms with Gasteiger partial charge in [0, 0.05) is 70.5 Å². The SMILES string of the molecule is Cc1cnn(C)c1C1CCN(c2cc(N3CC(N4CCN(C(=O)OC(C)(C)C)CC4)C3CF)nc(C(F)(F)F)n2)CC1. The Bertz CT molecular complexity index is 1240. The summed E-state index contributed by atoms with van der Waals surface area (Å²) in [5.74, 6) is -0.658. The van der Waals surface area contributed by atoms with E-state index in [0.29, 0.717) is 45.8 Å². The van der Waals surface area contributed by atoms with Gasteiger partial charge in [0.25, 0.3) is 0 Å². The van der Waals surface area contributed by atoms with Gasteiger partial charge in [-0.2, -0.15) is 18.3 Å². The fraction of sp³-hybridized carbons (Fsp3) is 0.714. The van der Waals surface area contributed by atoms with Crippen LogP contribution in [-0.4, -0.2) is 106 Å². The standard InChI is InChI=1S/C28H40F4N8O2/c1-18-16-33-36(5)24(18)19-6-8-38(9-7-19)22-14-23(35-25(34-22)28(30,31)32)40-17-21(20(40)15-29)37-10-12-39(13-11-37)26(41)42-27(2,3)4/h14,16,19-21H,6-13,15,17H2,1-5H3. The number of aryl methyl sites for hydroxylation is 2. The van der Waals surface area contributed by atoms with Crippen LogP contribution in [-0.2, 0) is 18.0 Å². The van der Waals surface area contributed by atoms with Crippen LogP contribution in [0.2, 0.25) is 0 Å². The fourth-order valence-electron chi connectivity index (χ4n) is 6.28. The van der Waals surface area contributed by atoms with E-state index in [1.807, 2.05) is 50.5 Å². The number of piperazine rings is 1. The molecule has 42 heavy (non-hydrogen) atoms. The molecule has 0 radical (unpaired) electrons. The molecule has 5 rings (SSSR count). The molecule has 2 unspecified atom stereocenters. The van der Waals surface area contributed by atoms with Gasteiger partial charge >= 0.3 is 12.3 Å². The molecule has 1 amide bonds. The second-order valence-corrected chi connectivity index (χ2v) is 12.4. The number of hydrogen-bond acceptors (Lipinski definition) is 8. The van der Waals surface area contributed by atoms with Crippen molar-refractivity contribution < 1.29 is 27.1 Å². The normalized spacial score (nSPS) is 22.8. The fourth-order valence-corrected chi connectivity index (χ4v) is 6.28. The van der Waals surface area contributed by atoms with Gasteiger partial charge in [0.05, 0.1) is 18.3 Å². The first-order valence-electron chi connectivity index (χ1n) is 14.5. The number of alkyl halides is 4. The lowest BCUT2D eigenvalue weighted by Gasteiger charge is -2.53. The predicted molar refractivity (Wildman–Crippen MR) is 149 cm³/mol. The molecular formula is C28H40F4N8O2. The predicted octanol–water partition coefficient (Wildman–Crippen LogP) is 4.00. The summed E-state index contributed by atoms with van der Waals surface area (Å²) in [6.07, 6.45) is -1.77. The van der Waals surface area contributed by atoms with Crippen LogP contribution in [0, 0.1) is 6.92 Å². The van der Waals surface area contributed by atoms with Crippen LogP contribution in [0.1, 0.15) is 56.6 Å². The quantitative estimate of drug-likeness (QED) is 0.480. The average Bonchev–Trinajstić information content (AvgIpc) is 3.25. The Labute approximate surface area is 243 Å². The first-order valence-corrected chi connectivity index (χ1v) is 14.5. The Morgan fingerprint density at radius 2 is 1.67 bits per heavy atom. The molecule has 3 aliphatic heterocycles. The zero-order valence-electron chi connectivity index (χ0n) is 24.9. The zero-order chi connectivity index (χ0) is 30.4. The minimum absolute atomic E-state index is 0.0863. The smallest absolute Gasteiger partial charge is 0.444 e. The minimum Gasteiger partial charge on any atom is -0.444 e. The van der Waals surface area contributed by atoms with Crippen molar-refractivity contribution in [3.05, 3.63) is 29.3 Å². The van der Waals surface area contributed by atoms with E-state index < -0.39 is 30.3 Å². The molecule has 3 aliphatic rings. The highest BCUT2D eigenvalue weighted by Gasteiger charge is 2.46. The minimum atomic E-state index is -4.73. The van der Waals surface area contributed by atoms with Gasteiger partial charge in [0.1, 0.15) is 23.9 Å². The summed E-state index contributed by atoms with van der Waals surface area (Å²) in [5, 5.41) is 4.33. The van der Waals surface area contributed by atoms with Crippen molar-refractivity contribution in [2.75, 3.05) is 62.3 Å². The van der Waals surface area contributed by atoms with Gasteiger partial charge in [0.2, 0.25) is 5.82 Å². The lowest BCUT2D eigenvalue weighted by atomic mass is 9.91. The molecule has 10 nitrogen and oxygen atoms in total. The van der Waals surface area contributed by atoms with Crippen LogP contribution in [0.3, 0.4) is 0 Å². The van der Waals surface area contributed by atoms with Crippen molar-refractivity contribution in [2.24, 2.45) is 7.05 Å². The van der Waals surface area contributed by atoms with Gasteiger partial charge < -0.3 is 19.4 Å². The highest BCUT2D eigenvalue weighted by Crippen LogP contribution is 2.37. The molecule has 0 N–H and O–H groups in total. The Morgan fingerprint density at radius 3 is 2.21 bits per heavy atom. The van der Waals surface area contributed by atoms with Gasteiger partial charge in [0.15, 0.2) is 0 Å². The third-order valence-corrected chi connectivity index (χ3v) is 8.45. The third kappa shape index (κ3) is 6.28. The highest BCUT2D eigenvalue weighted by molar-refractivity contribution is 5.68. The van der Waals surface area contributed by atoms with Crippen molar-refractivity contribution in [3.8, 4) is 0 Å². The van der Waals surface area contributed by atoms with Crippen molar-refractivity contribution in [2.45, 2.75) is 70.3 Å². The number of nitrogens with zero attached hydrogens (tertiary/aromatic N) is 8. The molecule has 0 spiro atoms. The summed E-state index contributed by atoms with van der Waals surface area (Å²) in [6, 6.07) is 0.728. The van der Waals surface area contributed by atoms with E-state index in [-0.39, 0.29) is 29.7 Å². The number of carbonyl (C=O) groups is 1. The number of ether oxygens (including phenoxy) is 1. The number of piperidine rings is 1. The van der Waals surface area contributed by atoms with Gasteiger partial charge in [-0.15, -0.1) is 0 Å². The maximum Gasteiger partial charge on any atom is 0.451 e. The van der Waals surface area contributed by atoms with E-state index in [1.165, 1.54) is 0 Å². The van der Waals surface area contributed by atoms with Crippen LogP contribution >= 0.6 is 0 Å². The van der Waals surface area contributed by atoms with E-state index in [4.69, 9.17) is 4.74 Å². The third-order valence-electron chi connectivity index (χ3n) is 8.45. The average molecular weight is 597 g/mol. The number of amides is 1. The van der Waals surface area contributed by atoms with E-state index in [1.54, 1.807) is 15.9 Å². The molecule has 2 atom stereocenters. The zero-order valence-corrected chi connectivity index (χ0v) is 24.9. The molecule has 3 fully saturated rings. The van der Waals surface area contributed by atoms with Crippen LogP contribution in [0.25, 0.3) is 0 Å². The number of aromatic nitrogens is 4. The van der Waals surface area contributed by atoms with Crippen molar-refractivity contribution in [1.29, 1.82) is 0 Å². The number of carbonyl (C=O) groups excluding carboxylic acids is 1. The molecule has 232 valence electrons. The number of anilines is 2. The van der Waals surface area contributed by atoms with Crippen LogP contribution < -0.4 is 9.80 Å². The molecule has 0 bridgehead atoms. The number of rotatable bonds is 5. The summed E-state index contributed by atoms with van der Waals surface area (Å²) in [7, 11) is 1.91. The van der Waals surface area contributed by atoms with Crippen molar-refractivity contribution in [1.82, 2.24) is 29.5 Å². The van der Waals surface area contributed by atoms with Crippen LogP contribution in [0.4, 0.5) is 34.0 Å². The summed E-state index contributed by atoms with van der Waals surface area (Å²) in [4.78, 5) is 27.4. The van der Waals surface area contributed by atoms with E-state index in [9.17, 15) is 22.4 Å². The number of hydrogen-bond donors (Lipinski definition) is 0. The summed E-state index contributed by atoms with van der Waals surface area (Å²) in [6.45, 7) is 10.1. The first kappa shape index (κ1) is 30.3. The summed E-state index contributed by atoms with van der Waals surface area (Å²) >= 11 is 0. The maximum absolute atomic E-state index is 14.4. The van der Waals surface area contributed by atoms with Crippen molar-refractivity contribution >= 4 is 17.7 Å². The van der Waals surface area contributed by atoms with E-state index in [0.717, 1.165) is 24.1 Å². The summed E-state index contributed by atoms with van der Waals surface area (Å²) in [5.41, 5.74) is 1.66. The molecule has 14 heteroatoms. The first-order chi connectivity index (χ1) is 19.7. The summed E-state index contributed by atoms with van der Waals surface area (Å²) < 4.78 is 63.4. The topological polar surface area (TPSA) is 82.9 Å². The highest BCUT2D eigenvalue weighted by atomic mass is 19.4. The monoisotopic (exact) mass is 596 g/mol. The largest absolute Gasteiger partial charge is 0.451 e. The van der Waals surface area contributed by atoms with Crippen molar-refractivity contribution in [3.63, 3.8) is 0 Å². The second-order valence-electron chi connectivity index (χ2n) is 12.4. The van der Waals surface area contributed by atoms with Gasteiger partial charge in [-0.05, 0) is 46.1 Å². The van der Waals surface area contributed by atoms with E-state index in [2.05, 4.69) is 20.0 Å². The Balaban J connectivity index is 1.27. The van der Waals surface area contributed by atoms with Crippen LogP contribution in [0.15, 0.2) is 12.3 Å². The molecule has 3 saturated heterocycles. The molecular weight excluding hydrogens is 556 g/mol. The lowest BCUT2D eigenvalue weighted by molar-refractivity contribution is -0.144. The lowest BCUT2D eigenvalue weighted by Crippen LogP contribution is -2.70. The van der Waals surface area contributed by atoms with Gasteiger partial charge in [-0.1, -0.05) is 0 Å². The molecule has 5 heterocycles. The molecule has 0 saturated carbocycles. The Hall–Kier alpha value is -3.16. The van der Waals surface area contributed by atoms with Crippen LogP contribution in [0.5, 0.6) is 0 Å². The molecule has 2 aromatic rings. The van der Waals surface area contributed by atoms with Gasteiger partial charge in [-0.3, -0.25) is 9.58 Å².